The minimum absolute atomic E-state index is 0.0268. The molecule has 1 aliphatic rings. The Morgan fingerprint density at radius 3 is 2.79 bits per heavy atom. The van der Waals surface area contributed by atoms with E-state index < -0.39 is 0 Å². The molecule has 2 aromatic rings. The summed E-state index contributed by atoms with van der Waals surface area (Å²) in [5, 5.41) is 3.26. The van der Waals surface area contributed by atoms with Gasteiger partial charge in [-0.25, -0.2) is 4.98 Å². The van der Waals surface area contributed by atoms with Gasteiger partial charge in [0, 0.05) is 18.2 Å². The van der Waals surface area contributed by atoms with Gasteiger partial charge >= 0.3 is 0 Å². The van der Waals surface area contributed by atoms with Crippen LogP contribution in [-0.2, 0) is 4.79 Å². The summed E-state index contributed by atoms with van der Waals surface area (Å²) in [4.78, 5) is 23.3. The monoisotopic (exact) mass is 324 g/mol. The second-order valence-corrected chi connectivity index (χ2v) is 6.61. The van der Waals surface area contributed by atoms with Gasteiger partial charge in [-0.3, -0.25) is 9.78 Å². The molecule has 0 aliphatic carbocycles. The zero-order chi connectivity index (χ0) is 17.1. The Kier molecular flexibility index (Phi) is 4.79. The molecule has 2 aromatic heterocycles. The highest BCUT2D eigenvalue weighted by atomic mass is 16.2. The fourth-order valence-electron chi connectivity index (χ4n) is 3.11. The molecule has 1 N–H and O–H groups in total. The van der Waals surface area contributed by atoms with Gasteiger partial charge < -0.3 is 10.2 Å². The SMILES string of the molecule is Cc1cccc(Nc2ccc(C3CCCN3C(=O)C(C)C)nc2)n1. The van der Waals surface area contributed by atoms with Gasteiger partial charge in [-0.1, -0.05) is 19.9 Å². The summed E-state index contributed by atoms with van der Waals surface area (Å²) in [6.07, 6.45) is 3.84. The third kappa shape index (κ3) is 3.55. The van der Waals surface area contributed by atoms with Crippen LogP contribution in [0, 0.1) is 12.8 Å². The van der Waals surface area contributed by atoms with E-state index in [9.17, 15) is 4.79 Å². The van der Waals surface area contributed by atoms with Crippen molar-refractivity contribution in [3.63, 3.8) is 0 Å². The van der Waals surface area contributed by atoms with Crippen LogP contribution in [0.1, 0.15) is 44.1 Å². The van der Waals surface area contributed by atoms with Crippen molar-refractivity contribution in [2.75, 3.05) is 11.9 Å². The van der Waals surface area contributed by atoms with Crippen molar-refractivity contribution in [2.45, 2.75) is 39.7 Å². The van der Waals surface area contributed by atoms with Crippen LogP contribution < -0.4 is 5.32 Å². The first-order valence-electron chi connectivity index (χ1n) is 8.51. The molecular formula is C19H24N4O. The highest BCUT2D eigenvalue weighted by Gasteiger charge is 2.31. The number of hydrogen-bond donors (Lipinski definition) is 1. The van der Waals surface area contributed by atoms with E-state index in [4.69, 9.17) is 0 Å². The average molecular weight is 324 g/mol. The standard InChI is InChI=1S/C19H24N4O/c1-13(2)19(24)23-11-5-7-17(23)16-10-9-15(12-20-16)22-18-8-4-6-14(3)21-18/h4,6,8-10,12-13,17H,5,7,11H2,1-3H3,(H,21,22). The lowest BCUT2D eigenvalue weighted by Gasteiger charge is -2.26. The quantitative estimate of drug-likeness (QED) is 0.928. The number of anilines is 2. The number of likely N-dealkylation sites (tertiary alicyclic amines) is 1. The van der Waals surface area contributed by atoms with Crippen LogP contribution in [0.5, 0.6) is 0 Å². The molecule has 126 valence electrons. The molecule has 1 amide bonds. The number of aromatic nitrogens is 2. The van der Waals surface area contributed by atoms with Gasteiger partial charge in [0.15, 0.2) is 0 Å². The van der Waals surface area contributed by atoms with Gasteiger partial charge in [0.25, 0.3) is 0 Å². The van der Waals surface area contributed by atoms with Gasteiger partial charge in [-0.05, 0) is 44.0 Å². The van der Waals surface area contributed by atoms with Crippen molar-refractivity contribution in [2.24, 2.45) is 5.92 Å². The summed E-state index contributed by atoms with van der Waals surface area (Å²) in [6.45, 7) is 6.70. The summed E-state index contributed by atoms with van der Waals surface area (Å²) in [7, 11) is 0. The van der Waals surface area contributed by atoms with E-state index in [-0.39, 0.29) is 17.9 Å². The number of pyridine rings is 2. The summed E-state index contributed by atoms with van der Waals surface area (Å²) in [5.74, 6) is 1.05. The second kappa shape index (κ2) is 6.99. The topological polar surface area (TPSA) is 58.1 Å². The number of hydrogen-bond acceptors (Lipinski definition) is 4. The Morgan fingerprint density at radius 2 is 2.12 bits per heavy atom. The third-order valence-electron chi connectivity index (χ3n) is 4.32. The molecule has 0 radical (unpaired) electrons. The zero-order valence-electron chi connectivity index (χ0n) is 14.5. The average Bonchev–Trinajstić information content (AvgIpc) is 3.04. The van der Waals surface area contributed by atoms with Gasteiger partial charge in [0.1, 0.15) is 5.82 Å². The molecule has 1 saturated heterocycles. The first kappa shape index (κ1) is 16.4. The zero-order valence-corrected chi connectivity index (χ0v) is 14.5. The van der Waals surface area contributed by atoms with Crippen LogP contribution in [0.25, 0.3) is 0 Å². The molecule has 0 saturated carbocycles. The van der Waals surface area contributed by atoms with Gasteiger partial charge in [-0.2, -0.15) is 0 Å². The Hall–Kier alpha value is -2.43. The number of amides is 1. The molecule has 3 heterocycles. The number of carbonyl (C=O) groups is 1. The summed E-state index contributed by atoms with van der Waals surface area (Å²) in [6, 6.07) is 9.98. The van der Waals surface area contributed by atoms with E-state index in [1.807, 2.05) is 62.2 Å². The maximum absolute atomic E-state index is 12.3. The van der Waals surface area contributed by atoms with Crippen molar-refractivity contribution in [1.29, 1.82) is 0 Å². The van der Waals surface area contributed by atoms with E-state index in [2.05, 4.69) is 15.3 Å². The molecule has 0 spiro atoms. The molecule has 3 rings (SSSR count). The maximum Gasteiger partial charge on any atom is 0.225 e. The highest BCUT2D eigenvalue weighted by molar-refractivity contribution is 5.78. The first-order valence-corrected chi connectivity index (χ1v) is 8.51. The van der Waals surface area contributed by atoms with Crippen LogP contribution in [0.15, 0.2) is 36.5 Å². The van der Waals surface area contributed by atoms with Crippen molar-refractivity contribution in [3.8, 4) is 0 Å². The minimum atomic E-state index is 0.0268. The lowest BCUT2D eigenvalue weighted by atomic mass is 10.1. The summed E-state index contributed by atoms with van der Waals surface area (Å²) >= 11 is 0. The lowest BCUT2D eigenvalue weighted by molar-refractivity contribution is -0.135. The normalized spacial score (nSPS) is 17.3. The van der Waals surface area contributed by atoms with Crippen LogP contribution in [0.4, 0.5) is 11.5 Å². The molecule has 1 unspecified atom stereocenters. The van der Waals surface area contributed by atoms with Crippen molar-refractivity contribution >= 4 is 17.4 Å². The fraction of sp³-hybridized carbons (Fsp3) is 0.421. The number of carbonyl (C=O) groups excluding carboxylic acids is 1. The molecule has 1 fully saturated rings. The van der Waals surface area contributed by atoms with Gasteiger partial charge in [0.2, 0.25) is 5.91 Å². The predicted molar refractivity (Wildman–Crippen MR) is 95.0 cm³/mol. The van der Waals surface area contributed by atoms with Crippen LogP contribution in [0.3, 0.4) is 0 Å². The minimum Gasteiger partial charge on any atom is -0.339 e. The smallest absolute Gasteiger partial charge is 0.225 e. The summed E-state index contributed by atoms with van der Waals surface area (Å²) < 4.78 is 0. The molecule has 0 aromatic carbocycles. The fourth-order valence-corrected chi connectivity index (χ4v) is 3.11. The number of nitrogens with zero attached hydrogens (tertiary/aromatic N) is 3. The maximum atomic E-state index is 12.3. The Labute approximate surface area is 143 Å². The molecule has 24 heavy (non-hydrogen) atoms. The largest absolute Gasteiger partial charge is 0.339 e. The number of nitrogens with one attached hydrogen (secondary N) is 1. The van der Waals surface area contributed by atoms with E-state index in [1.54, 1.807) is 0 Å². The van der Waals surface area contributed by atoms with E-state index in [1.165, 1.54) is 0 Å². The van der Waals surface area contributed by atoms with Gasteiger partial charge in [-0.15, -0.1) is 0 Å². The predicted octanol–water partition coefficient (Wildman–Crippen LogP) is 3.85. The molecule has 1 aliphatic heterocycles. The van der Waals surface area contributed by atoms with Crippen LogP contribution in [-0.4, -0.2) is 27.3 Å². The first-order chi connectivity index (χ1) is 11.5. The Balaban J connectivity index is 1.73. The Morgan fingerprint density at radius 1 is 1.29 bits per heavy atom. The van der Waals surface area contributed by atoms with Crippen molar-refractivity contribution in [3.05, 3.63) is 47.9 Å². The van der Waals surface area contributed by atoms with E-state index in [0.717, 1.165) is 42.3 Å². The van der Waals surface area contributed by atoms with Gasteiger partial charge in [0.05, 0.1) is 23.6 Å². The Bertz CT molecular complexity index is 712. The highest BCUT2D eigenvalue weighted by Crippen LogP contribution is 2.32. The van der Waals surface area contributed by atoms with Crippen LogP contribution in [0.2, 0.25) is 0 Å². The molecular weight excluding hydrogens is 300 g/mol. The number of rotatable bonds is 4. The number of aryl methyl sites for hydroxylation is 1. The summed E-state index contributed by atoms with van der Waals surface area (Å²) in [5.41, 5.74) is 2.83. The van der Waals surface area contributed by atoms with E-state index >= 15 is 0 Å². The lowest BCUT2D eigenvalue weighted by Crippen LogP contribution is -2.34. The molecule has 5 nitrogen and oxygen atoms in total. The van der Waals surface area contributed by atoms with Crippen molar-refractivity contribution < 1.29 is 4.79 Å². The second-order valence-electron chi connectivity index (χ2n) is 6.61. The third-order valence-corrected chi connectivity index (χ3v) is 4.32. The molecule has 0 bridgehead atoms. The van der Waals surface area contributed by atoms with E-state index in [0.29, 0.717) is 0 Å². The van der Waals surface area contributed by atoms with Crippen molar-refractivity contribution in [1.82, 2.24) is 14.9 Å². The molecule has 5 heteroatoms. The molecule has 1 atom stereocenters. The van der Waals surface area contributed by atoms with Crippen LogP contribution >= 0.6 is 0 Å².